The zero-order valence-corrected chi connectivity index (χ0v) is 10.3. The number of nitrogens with zero attached hydrogens (tertiary/aromatic N) is 1. The summed E-state index contributed by atoms with van der Waals surface area (Å²) in [6.07, 6.45) is 1.33. The van der Waals surface area contributed by atoms with Crippen LogP contribution < -0.4 is 10.2 Å². The molecule has 96 valence electrons. The lowest BCUT2D eigenvalue weighted by Crippen LogP contribution is -2.41. The lowest BCUT2D eigenvalue weighted by molar-refractivity contribution is -0.119. The summed E-state index contributed by atoms with van der Waals surface area (Å²) in [5.41, 5.74) is 2.32. The molecule has 0 bridgehead atoms. The van der Waals surface area contributed by atoms with E-state index in [1.807, 2.05) is 23.1 Å². The minimum Gasteiger partial charge on any atom is -0.453 e. The van der Waals surface area contributed by atoms with Gasteiger partial charge < -0.3 is 9.64 Å². The second-order valence-electron chi connectivity index (χ2n) is 4.19. The van der Waals surface area contributed by atoms with E-state index < -0.39 is 6.09 Å². The molecule has 0 atom stereocenters. The number of imide groups is 1. The van der Waals surface area contributed by atoms with Crippen molar-refractivity contribution in [2.75, 3.05) is 25.1 Å². The molecule has 2 amide bonds. The Bertz CT molecular complexity index is 459. The summed E-state index contributed by atoms with van der Waals surface area (Å²) >= 11 is 0. The second kappa shape index (κ2) is 5.53. The fourth-order valence-electron chi connectivity index (χ4n) is 2.15. The van der Waals surface area contributed by atoms with Crippen molar-refractivity contribution < 1.29 is 14.3 Å². The van der Waals surface area contributed by atoms with Gasteiger partial charge in [0, 0.05) is 12.2 Å². The van der Waals surface area contributed by atoms with E-state index in [9.17, 15) is 9.59 Å². The molecule has 1 heterocycles. The van der Waals surface area contributed by atoms with Crippen molar-refractivity contribution in [2.24, 2.45) is 0 Å². The number of alkyl carbamates (subject to hydrolysis) is 1. The standard InChI is InChI=1S/C13H16N2O3/c1-18-13(17)14-12(16)9-15-8-4-6-10-5-2-3-7-11(10)15/h2-3,5,7H,4,6,8-9H2,1H3,(H,14,16,17). The van der Waals surface area contributed by atoms with E-state index in [0.29, 0.717) is 0 Å². The van der Waals surface area contributed by atoms with Crippen molar-refractivity contribution in [1.29, 1.82) is 0 Å². The van der Waals surface area contributed by atoms with Gasteiger partial charge in [-0.05, 0) is 24.5 Å². The normalized spacial score (nSPS) is 13.7. The Morgan fingerprint density at radius 3 is 2.94 bits per heavy atom. The summed E-state index contributed by atoms with van der Waals surface area (Å²) in [7, 11) is 1.23. The first kappa shape index (κ1) is 12.4. The number of aryl methyl sites for hydroxylation is 1. The number of carbonyl (C=O) groups excluding carboxylic acids is 2. The quantitative estimate of drug-likeness (QED) is 0.857. The lowest BCUT2D eigenvalue weighted by atomic mass is 10.0. The molecule has 0 radical (unpaired) electrons. The maximum atomic E-state index is 11.6. The molecule has 0 aliphatic carbocycles. The molecule has 2 rings (SSSR count). The summed E-state index contributed by atoms with van der Waals surface area (Å²) in [6.45, 7) is 0.998. The van der Waals surface area contributed by atoms with E-state index in [4.69, 9.17) is 0 Å². The molecule has 5 heteroatoms. The molecule has 0 saturated carbocycles. The van der Waals surface area contributed by atoms with Crippen LogP contribution in [0.1, 0.15) is 12.0 Å². The molecule has 1 N–H and O–H groups in total. The van der Waals surface area contributed by atoms with Crippen LogP contribution in [0.2, 0.25) is 0 Å². The number of hydrogen-bond donors (Lipinski definition) is 1. The summed E-state index contributed by atoms with van der Waals surface area (Å²) < 4.78 is 4.39. The number of carbonyl (C=O) groups is 2. The Hall–Kier alpha value is -2.04. The number of amides is 2. The fourth-order valence-corrected chi connectivity index (χ4v) is 2.15. The third kappa shape index (κ3) is 2.80. The molecule has 0 fully saturated rings. The van der Waals surface area contributed by atoms with Gasteiger partial charge in [-0.2, -0.15) is 0 Å². The molecule has 0 unspecified atom stereocenters. The SMILES string of the molecule is COC(=O)NC(=O)CN1CCCc2ccccc21. The predicted molar refractivity (Wildman–Crippen MR) is 67.5 cm³/mol. The number of nitrogens with one attached hydrogen (secondary N) is 1. The Morgan fingerprint density at radius 1 is 1.39 bits per heavy atom. The zero-order chi connectivity index (χ0) is 13.0. The zero-order valence-electron chi connectivity index (χ0n) is 10.3. The van der Waals surface area contributed by atoms with Crippen LogP contribution in [0, 0.1) is 0 Å². The van der Waals surface area contributed by atoms with Crippen molar-refractivity contribution >= 4 is 17.7 Å². The Morgan fingerprint density at radius 2 is 2.17 bits per heavy atom. The maximum absolute atomic E-state index is 11.6. The third-order valence-electron chi connectivity index (χ3n) is 2.97. The minimum absolute atomic E-state index is 0.173. The molecule has 1 aliphatic heterocycles. The number of methoxy groups -OCH3 is 1. The molecule has 18 heavy (non-hydrogen) atoms. The van der Waals surface area contributed by atoms with Crippen molar-refractivity contribution in [2.45, 2.75) is 12.8 Å². The van der Waals surface area contributed by atoms with Crippen LogP contribution in [0.4, 0.5) is 10.5 Å². The van der Waals surface area contributed by atoms with Gasteiger partial charge in [-0.15, -0.1) is 0 Å². The summed E-state index contributed by atoms with van der Waals surface area (Å²) in [5.74, 6) is -0.349. The van der Waals surface area contributed by atoms with Crippen molar-refractivity contribution in [3.63, 3.8) is 0 Å². The first-order valence-corrected chi connectivity index (χ1v) is 5.91. The van der Waals surface area contributed by atoms with Crippen LogP contribution >= 0.6 is 0 Å². The highest BCUT2D eigenvalue weighted by molar-refractivity contribution is 5.94. The highest BCUT2D eigenvalue weighted by Gasteiger charge is 2.19. The van der Waals surface area contributed by atoms with Gasteiger partial charge in [0.25, 0.3) is 0 Å². The topological polar surface area (TPSA) is 58.6 Å². The van der Waals surface area contributed by atoms with Crippen LogP contribution in [0.25, 0.3) is 0 Å². The predicted octanol–water partition coefficient (Wildman–Crippen LogP) is 1.32. The van der Waals surface area contributed by atoms with Gasteiger partial charge in [-0.3, -0.25) is 10.1 Å². The molecule has 1 aromatic rings. The van der Waals surface area contributed by atoms with Gasteiger partial charge in [-0.25, -0.2) is 4.79 Å². The van der Waals surface area contributed by atoms with Gasteiger partial charge in [0.1, 0.15) is 0 Å². The van der Waals surface area contributed by atoms with Crippen LogP contribution in [-0.2, 0) is 16.0 Å². The van der Waals surface area contributed by atoms with Crippen LogP contribution in [0.3, 0.4) is 0 Å². The summed E-state index contributed by atoms with van der Waals surface area (Å²) in [4.78, 5) is 24.6. The van der Waals surface area contributed by atoms with Gasteiger partial charge in [-0.1, -0.05) is 18.2 Å². The largest absolute Gasteiger partial charge is 0.453 e. The van der Waals surface area contributed by atoms with Crippen molar-refractivity contribution in [3.05, 3.63) is 29.8 Å². The van der Waals surface area contributed by atoms with E-state index in [2.05, 4.69) is 16.1 Å². The molecule has 1 aromatic carbocycles. The number of rotatable bonds is 2. The molecule has 0 spiro atoms. The average Bonchev–Trinajstić information content (AvgIpc) is 2.39. The second-order valence-corrected chi connectivity index (χ2v) is 4.19. The Kier molecular flexibility index (Phi) is 3.82. The number of anilines is 1. The van der Waals surface area contributed by atoms with Crippen molar-refractivity contribution in [3.8, 4) is 0 Å². The molecular weight excluding hydrogens is 232 g/mol. The number of hydrogen-bond acceptors (Lipinski definition) is 4. The number of ether oxygens (including phenoxy) is 1. The summed E-state index contributed by atoms with van der Waals surface area (Å²) in [6, 6.07) is 8.02. The molecular formula is C13H16N2O3. The van der Waals surface area contributed by atoms with Crippen molar-refractivity contribution in [1.82, 2.24) is 5.32 Å². The highest BCUT2D eigenvalue weighted by Crippen LogP contribution is 2.26. The van der Waals surface area contributed by atoms with Crippen LogP contribution in [0.15, 0.2) is 24.3 Å². The Labute approximate surface area is 106 Å². The lowest BCUT2D eigenvalue weighted by Gasteiger charge is -2.30. The van der Waals surface area contributed by atoms with Gasteiger partial charge in [0.15, 0.2) is 0 Å². The van der Waals surface area contributed by atoms with Crippen LogP contribution in [-0.4, -0.2) is 32.2 Å². The minimum atomic E-state index is -0.717. The number of para-hydroxylation sites is 1. The maximum Gasteiger partial charge on any atom is 0.413 e. The Balaban J connectivity index is 2.03. The fraction of sp³-hybridized carbons (Fsp3) is 0.385. The first-order chi connectivity index (χ1) is 8.70. The van der Waals surface area contributed by atoms with E-state index in [-0.39, 0.29) is 12.5 Å². The summed E-state index contributed by atoms with van der Waals surface area (Å²) in [5, 5.41) is 2.17. The van der Waals surface area contributed by atoms with Gasteiger partial charge in [0.2, 0.25) is 5.91 Å². The van der Waals surface area contributed by atoms with E-state index in [0.717, 1.165) is 25.1 Å². The number of fused-ring (bicyclic) bond motifs is 1. The molecule has 0 saturated heterocycles. The average molecular weight is 248 g/mol. The number of benzene rings is 1. The molecule has 1 aliphatic rings. The van der Waals surface area contributed by atoms with Gasteiger partial charge >= 0.3 is 6.09 Å². The third-order valence-corrected chi connectivity index (χ3v) is 2.97. The monoisotopic (exact) mass is 248 g/mol. The highest BCUT2D eigenvalue weighted by atomic mass is 16.5. The smallest absolute Gasteiger partial charge is 0.413 e. The van der Waals surface area contributed by atoms with Crippen LogP contribution in [0.5, 0.6) is 0 Å². The first-order valence-electron chi connectivity index (χ1n) is 5.91. The van der Waals surface area contributed by atoms with Gasteiger partial charge in [0.05, 0.1) is 13.7 Å². The molecule has 5 nitrogen and oxygen atoms in total. The van der Waals surface area contributed by atoms with E-state index in [1.54, 1.807) is 0 Å². The van der Waals surface area contributed by atoms with E-state index in [1.165, 1.54) is 12.7 Å². The van der Waals surface area contributed by atoms with E-state index >= 15 is 0 Å². The molecule has 0 aromatic heterocycles.